The number of anilines is 1. The van der Waals surface area contributed by atoms with Gasteiger partial charge in [0, 0.05) is 5.69 Å². The first kappa shape index (κ1) is 18.7. The molecule has 1 aliphatic carbocycles. The standard InChI is InChI=1S/C19H23NO5/c1-3-12(2)25-19(24)16-10-5-4-9-15(16)17(21)20-14-8-6-7-13(11-14)18(22)23/h4-8,11-12,15-16H,3,9-10H2,1-2H3,(H,20,21)(H,22,23)/t12-,15+,16+/m0/s1. The summed E-state index contributed by atoms with van der Waals surface area (Å²) in [7, 11) is 0. The van der Waals surface area contributed by atoms with Crippen molar-refractivity contribution >= 4 is 23.5 Å². The third-order valence-electron chi connectivity index (χ3n) is 4.34. The van der Waals surface area contributed by atoms with E-state index in [2.05, 4.69) is 5.32 Å². The molecule has 1 aromatic rings. The fourth-order valence-electron chi connectivity index (χ4n) is 2.70. The number of ether oxygens (including phenoxy) is 1. The van der Waals surface area contributed by atoms with Crippen LogP contribution < -0.4 is 5.32 Å². The van der Waals surface area contributed by atoms with E-state index in [1.165, 1.54) is 12.1 Å². The maximum atomic E-state index is 12.6. The summed E-state index contributed by atoms with van der Waals surface area (Å²) in [4.78, 5) is 36.0. The minimum atomic E-state index is -1.06. The fraction of sp³-hybridized carbons (Fsp3) is 0.421. The Kier molecular flexibility index (Phi) is 6.33. The summed E-state index contributed by atoms with van der Waals surface area (Å²) in [6.07, 6.45) is 5.21. The highest BCUT2D eigenvalue weighted by atomic mass is 16.5. The molecule has 134 valence electrons. The second kappa shape index (κ2) is 8.46. The van der Waals surface area contributed by atoms with E-state index >= 15 is 0 Å². The lowest BCUT2D eigenvalue weighted by atomic mass is 9.82. The molecular weight excluding hydrogens is 322 g/mol. The molecule has 0 aromatic heterocycles. The summed E-state index contributed by atoms with van der Waals surface area (Å²) in [5.74, 6) is -2.79. The van der Waals surface area contributed by atoms with Gasteiger partial charge in [-0.15, -0.1) is 0 Å². The molecule has 0 saturated carbocycles. The molecule has 0 aliphatic heterocycles. The fourth-order valence-corrected chi connectivity index (χ4v) is 2.70. The van der Waals surface area contributed by atoms with E-state index in [1.807, 2.05) is 26.0 Å². The molecule has 6 heteroatoms. The minimum absolute atomic E-state index is 0.0917. The Hall–Kier alpha value is -2.63. The van der Waals surface area contributed by atoms with Crippen LogP contribution in [0.4, 0.5) is 5.69 Å². The summed E-state index contributed by atoms with van der Waals surface area (Å²) in [6.45, 7) is 3.75. The number of nitrogens with one attached hydrogen (secondary N) is 1. The van der Waals surface area contributed by atoms with E-state index in [1.54, 1.807) is 12.1 Å². The number of allylic oxidation sites excluding steroid dienone is 2. The number of carbonyl (C=O) groups is 3. The van der Waals surface area contributed by atoms with Gasteiger partial charge in [0.05, 0.1) is 23.5 Å². The Balaban J connectivity index is 2.10. The molecule has 6 nitrogen and oxygen atoms in total. The number of carboxylic acid groups (broad SMARTS) is 1. The molecule has 1 aliphatic rings. The largest absolute Gasteiger partial charge is 0.478 e. The molecular formula is C19H23NO5. The van der Waals surface area contributed by atoms with Crippen molar-refractivity contribution in [3.63, 3.8) is 0 Å². The molecule has 2 rings (SSSR count). The topological polar surface area (TPSA) is 92.7 Å². The maximum absolute atomic E-state index is 12.6. The number of esters is 1. The molecule has 0 fully saturated rings. The second-order valence-corrected chi connectivity index (χ2v) is 6.19. The predicted molar refractivity (Wildman–Crippen MR) is 93.2 cm³/mol. The number of hydrogen-bond donors (Lipinski definition) is 2. The number of aromatic carboxylic acids is 1. The zero-order chi connectivity index (χ0) is 18.4. The highest BCUT2D eigenvalue weighted by Gasteiger charge is 2.35. The van der Waals surface area contributed by atoms with Gasteiger partial charge in [0.1, 0.15) is 0 Å². The highest BCUT2D eigenvalue weighted by Crippen LogP contribution is 2.29. The third kappa shape index (κ3) is 4.92. The Labute approximate surface area is 146 Å². The summed E-state index contributed by atoms with van der Waals surface area (Å²) < 4.78 is 5.39. The average Bonchev–Trinajstić information content (AvgIpc) is 2.61. The number of rotatable bonds is 6. The summed E-state index contributed by atoms with van der Waals surface area (Å²) >= 11 is 0. The normalized spacial score (nSPS) is 20.6. The van der Waals surface area contributed by atoms with Crippen molar-refractivity contribution in [1.29, 1.82) is 0 Å². The van der Waals surface area contributed by atoms with Crippen LogP contribution in [0.5, 0.6) is 0 Å². The molecule has 0 bridgehead atoms. The van der Waals surface area contributed by atoms with Gasteiger partial charge in [0.15, 0.2) is 0 Å². The quantitative estimate of drug-likeness (QED) is 0.610. The van der Waals surface area contributed by atoms with Crippen molar-refractivity contribution in [3.05, 3.63) is 42.0 Å². The molecule has 0 saturated heterocycles. The summed E-state index contributed by atoms with van der Waals surface area (Å²) in [5.41, 5.74) is 0.488. The zero-order valence-corrected chi connectivity index (χ0v) is 14.4. The molecule has 0 spiro atoms. The Morgan fingerprint density at radius 3 is 2.56 bits per heavy atom. The first-order valence-electron chi connectivity index (χ1n) is 8.42. The zero-order valence-electron chi connectivity index (χ0n) is 14.4. The van der Waals surface area contributed by atoms with Crippen LogP contribution in [-0.2, 0) is 14.3 Å². The van der Waals surface area contributed by atoms with Crippen LogP contribution >= 0.6 is 0 Å². The smallest absolute Gasteiger partial charge is 0.335 e. The number of benzene rings is 1. The maximum Gasteiger partial charge on any atom is 0.335 e. The molecule has 0 heterocycles. The molecule has 2 N–H and O–H groups in total. The summed E-state index contributed by atoms with van der Waals surface area (Å²) in [6, 6.07) is 6.03. The van der Waals surface area contributed by atoms with E-state index in [0.29, 0.717) is 24.9 Å². The van der Waals surface area contributed by atoms with Crippen LogP contribution in [0.25, 0.3) is 0 Å². The van der Waals surface area contributed by atoms with Gasteiger partial charge in [-0.2, -0.15) is 0 Å². The molecule has 1 aromatic carbocycles. The van der Waals surface area contributed by atoms with Gasteiger partial charge in [-0.1, -0.05) is 25.1 Å². The van der Waals surface area contributed by atoms with Gasteiger partial charge in [0.25, 0.3) is 0 Å². The molecule has 3 atom stereocenters. The van der Waals surface area contributed by atoms with Crippen LogP contribution in [0.1, 0.15) is 43.5 Å². The van der Waals surface area contributed by atoms with E-state index in [4.69, 9.17) is 9.84 Å². The van der Waals surface area contributed by atoms with Crippen LogP contribution in [0.15, 0.2) is 36.4 Å². The first-order valence-corrected chi connectivity index (χ1v) is 8.42. The molecule has 1 amide bonds. The number of amides is 1. The lowest BCUT2D eigenvalue weighted by Gasteiger charge is -2.27. The number of carboxylic acids is 1. The lowest BCUT2D eigenvalue weighted by molar-refractivity contribution is -0.157. The van der Waals surface area contributed by atoms with Crippen LogP contribution in [0.2, 0.25) is 0 Å². The van der Waals surface area contributed by atoms with E-state index in [9.17, 15) is 14.4 Å². The van der Waals surface area contributed by atoms with Crippen molar-refractivity contribution < 1.29 is 24.2 Å². The predicted octanol–water partition coefficient (Wildman–Crippen LogP) is 3.25. The van der Waals surface area contributed by atoms with Crippen molar-refractivity contribution in [2.24, 2.45) is 11.8 Å². The minimum Gasteiger partial charge on any atom is -0.478 e. The molecule has 25 heavy (non-hydrogen) atoms. The molecule has 0 radical (unpaired) electrons. The van der Waals surface area contributed by atoms with Crippen molar-refractivity contribution in [3.8, 4) is 0 Å². The molecule has 0 unspecified atom stereocenters. The highest BCUT2D eigenvalue weighted by molar-refractivity contribution is 5.97. The third-order valence-corrected chi connectivity index (χ3v) is 4.34. The van der Waals surface area contributed by atoms with Gasteiger partial charge in [-0.3, -0.25) is 9.59 Å². The van der Waals surface area contributed by atoms with Crippen molar-refractivity contribution in [2.45, 2.75) is 39.2 Å². The van der Waals surface area contributed by atoms with E-state index in [-0.39, 0.29) is 23.5 Å². The average molecular weight is 345 g/mol. The van der Waals surface area contributed by atoms with Gasteiger partial charge < -0.3 is 15.2 Å². The van der Waals surface area contributed by atoms with Gasteiger partial charge in [-0.05, 0) is 44.4 Å². The van der Waals surface area contributed by atoms with Crippen molar-refractivity contribution in [2.75, 3.05) is 5.32 Å². The number of hydrogen-bond acceptors (Lipinski definition) is 4. The second-order valence-electron chi connectivity index (χ2n) is 6.19. The monoisotopic (exact) mass is 345 g/mol. The van der Waals surface area contributed by atoms with Gasteiger partial charge in [0.2, 0.25) is 5.91 Å². The Morgan fingerprint density at radius 1 is 1.24 bits per heavy atom. The van der Waals surface area contributed by atoms with Crippen LogP contribution in [0.3, 0.4) is 0 Å². The summed E-state index contributed by atoms with van der Waals surface area (Å²) in [5, 5.41) is 11.7. The Bertz CT molecular complexity index is 682. The van der Waals surface area contributed by atoms with Crippen LogP contribution in [-0.4, -0.2) is 29.1 Å². The van der Waals surface area contributed by atoms with Crippen LogP contribution in [0, 0.1) is 11.8 Å². The SMILES string of the molecule is CC[C@H](C)OC(=O)[C@@H]1CC=CC[C@H]1C(=O)Nc1cccc(C(=O)O)c1. The first-order chi connectivity index (χ1) is 11.9. The lowest BCUT2D eigenvalue weighted by Crippen LogP contribution is -2.36. The van der Waals surface area contributed by atoms with Crippen molar-refractivity contribution in [1.82, 2.24) is 0 Å². The van der Waals surface area contributed by atoms with Gasteiger partial charge >= 0.3 is 11.9 Å². The Morgan fingerprint density at radius 2 is 1.92 bits per heavy atom. The van der Waals surface area contributed by atoms with E-state index < -0.39 is 17.8 Å². The number of carbonyl (C=O) groups excluding carboxylic acids is 2. The van der Waals surface area contributed by atoms with E-state index in [0.717, 1.165) is 0 Å². The van der Waals surface area contributed by atoms with Gasteiger partial charge in [-0.25, -0.2) is 4.79 Å².